The van der Waals surface area contributed by atoms with Gasteiger partial charge in [0.15, 0.2) is 16.7 Å². The Kier molecular flexibility index (Phi) is 3.79. The first kappa shape index (κ1) is 13.5. The summed E-state index contributed by atoms with van der Waals surface area (Å²) in [6, 6.07) is 2.69. The number of H-pyrrole nitrogens is 1. The van der Waals surface area contributed by atoms with Crippen molar-refractivity contribution in [1.29, 1.82) is 0 Å². The SMILES string of the molecule is CCOc1cc(Sc2n[nH]c(=O)n2C)c(N)cc1F. The lowest BCUT2D eigenvalue weighted by molar-refractivity contribution is 0.321. The van der Waals surface area contributed by atoms with Crippen LogP contribution in [0.15, 0.2) is 27.0 Å². The Hall–Kier alpha value is -1.96. The van der Waals surface area contributed by atoms with E-state index in [0.717, 1.165) is 11.8 Å². The van der Waals surface area contributed by atoms with Gasteiger partial charge < -0.3 is 10.5 Å². The molecule has 1 aromatic carbocycles. The maximum atomic E-state index is 13.5. The monoisotopic (exact) mass is 284 g/mol. The highest BCUT2D eigenvalue weighted by Crippen LogP contribution is 2.34. The van der Waals surface area contributed by atoms with E-state index < -0.39 is 5.82 Å². The zero-order valence-electron chi connectivity index (χ0n) is 10.4. The van der Waals surface area contributed by atoms with Crippen LogP contribution in [0.5, 0.6) is 5.75 Å². The summed E-state index contributed by atoms with van der Waals surface area (Å²) in [5.74, 6) is -0.389. The molecule has 0 unspecified atom stereocenters. The van der Waals surface area contributed by atoms with E-state index in [1.807, 2.05) is 0 Å². The Morgan fingerprint density at radius 3 is 2.89 bits per heavy atom. The summed E-state index contributed by atoms with van der Waals surface area (Å²) in [7, 11) is 1.58. The molecule has 8 heteroatoms. The third-order valence-electron chi connectivity index (χ3n) is 2.40. The second-order valence-electron chi connectivity index (χ2n) is 3.73. The number of rotatable bonds is 4. The lowest BCUT2D eigenvalue weighted by Crippen LogP contribution is -2.12. The molecule has 0 fully saturated rings. The first-order chi connectivity index (χ1) is 9.02. The van der Waals surface area contributed by atoms with Gasteiger partial charge in [-0.3, -0.25) is 4.57 Å². The molecule has 0 amide bonds. The van der Waals surface area contributed by atoms with E-state index in [2.05, 4.69) is 10.2 Å². The standard InChI is InChI=1S/C11H13FN4O2S/c1-3-18-8-5-9(7(13)4-6(8)12)19-11-15-14-10(17)16(11)2/h4-5H,3,13H2,1-2H3,(H,14,17). The number of anilines is 1. The summed E-state index contributed by atoms with van der Waals surface area (Å²) in [6.45, 7) is 2.12. The van der Waals surface area contributed by atoms with Crippen molar-refractivity contribution in [3.05, 3.63) is 28.4 Å². The van der Waals surface area contributed by atoms with Gasteiger partial charge in [0.2, 0.25) is 0 Å². The second-order valence-corrected chi connectivity index (χ2v) is 4.73. The number of nitrogens with one attached hydrogen (secondary N) is 1. The Balaban J connectivity index is 2.37. The average molecular weight is 284 g/mol. The van der Waals surface area contributed by atoms with Crippen LogP contribution in [0.2, 0.25) is 0 Å². The fourth-order valence-corrected chi connectivity index (χ4v) is 2.28. The number of nitrogens with two attached hydrogens (primary N) is 1. The molecule has 0 aliphatic rings. The van der Waals surface area contributed by atoms with Crippen LogP contribution in [0.3, 0.4) is 0 Å². The van der Waals surface area contributed by atoms with Gasteiger partial charge in [0.25, 0.3) is 0 Å². The van der Waals surface area contributed by atoms with Crippen LogP contribution in [0, 0.1) is 5.82 Å². The lowest BCUT2D eigenvalue weighted by Gasteiger charge is -2.09. The van der Waals surface area contributed by atoms with Crippen molar-refractivity contribution in [3.8, 4) is 5.75 Å². The molecule has 6 nitrogen and oxygen atoms in total. The predicted molar refractivity (Wildman–Crippen MR) is 69.9 cm³/mol. The lowest BCUT2D eigenvalue weighted by atomic mass is 10.3. The third-order valence-corrected chi connectivity index (χ3v) is 3.53. The molecule has 0 saturated carbocycles. The molecule has 3 N–H and O–H groups in total. The Labute approximate surface area is 112 Å². The van der Waals surface area contributed by atoms with Gasteiger partial charge in [0, 0.05) is 23.7 Å². The highest BCUT2D eigenvalue weighted by atomic mass is 32.2. The summed E-state index contributed by atoms with van der Waals surface area (Å²) >= 11 is 1.16. The molecule has 0 aliphatic heterocycles. The number of aromatic nitrogens is 3. The van der Waals surface area contributed by atoms with E-state index >= 15 is 0 Å². The highest BCUT2D eigenvalue weighted by molar-refractivity contribution is 7.99. The Morgan fingerprint density at radius 1 is 1.58 bits per heavy atom. The maximum Gasteiger partial charge on any atom is 0.343 e. The van der Waals surface area contributed by atoms with Crippen LogP contribution >= 0.6 is 11.8 Å². The fraction of sp³-hybridized carbons (Fsp3) is 0.273. The normalized spacial score (nSPS) is 10.7. The molecule has 1 heterocycles. The first-order valence-corrected chi connectivity index (χ1v) is 6.35. The van der Waals surface area contributed by atoms with Gasteiger partial charge >= 0.3 is 5.69 Å². The molecule has 0 aliphatic carbocycles. The molecule has 19 heavy (non-hydrogen) atoms. The summed E-state index contributed by atoms with van der Waals surface area (Å²) in [6.07, 6.45) is 0. The molecular formula is C11H13FN4O2S. The minimum absolute atomic E-state index is 0.125. The van der Waals surface area contributed by atoms with Crippen molar-refractivity contribution in [2.45, 2.75) is 17.0 Å². The van der Waals surface area contributed by atoms with Crippen molar-refractivity contribution < 1.29 is 9.13 Å². The minimum Gasteiger partial charge on any atom is -0.491 e. The van der Waals surface area contributed by atoms with Gasteiger partial charge in [-0.05, 0) is 24.8 Å². The number of halogens is 1. The number of ether oxygens (including phenoxy) is 1. The Bertz CT molecular complexity index is 653. The van der Waals surface area contributed by atoms with Crippen LogP contribution in [0.25, 0.3) is 0 Å². The molecule has 0 saturated heterocycles. The molecule has 1 aromatic heterocycles. The van der Waals surface area contributed by atoms with Gasteiger partial charge in [0.05, 0.1) is 6.61 Å². The minimum atomic E-state index is -0.514. The molecule has 0 bridgehead atoms. The molecule has 0 spiro atoms. The van der Waals surface area contributed by atoms with E-state index in [0.29, 0.717) is 16.7 Å². The quantitative estimate of drug-likeness (QED) is 0.828. The van der Waals surface area contributed by atoms with Crippen molar-refractivity contribution >= 4 is 17.4 Å². The first-order valence-electron chi connectivity index (χ1n) is 5.54. The zero-order chi connectivity index (χ0) is 14.0. The van der Waals surface area contributed by atoms with Crippen LogP contribution in [-0.2, 0) is 7.05 Å². The number of hydrogen-bond donors (Lipinski definition) is 2. The van der Waals surface area contributed by atoms with Gasteiger partial charge in [-0.2, -0.15) is 0 Å². The van der Waals surface area contributed by atoms with E-state index in [9.17, 15) is 9.18 Å². The van der Waals surface area contributed by atoms with Crippen LogP contribution in [0.1, 0.15) is 6.92 Å². The number of nitrogen functional groups attached to an aromatic ring is 1. The van der Waals surface area contributed by atoms with Gasteiger partial charge in [-0.15, -0.1) is 5.10 Å². The van der Waals surface area contributed by atoms with E-state index in [1.165, 1.54) is 16.7 Å². The fourth-order valence-electron chi connectivity index (χ4n) is 1.43. The van der Waals surface area contributed by atoms with Gasteiger partial charge in [0.1, 0.15) is 0 Å². The smallest absolute Gasteiger partial charge is 0.343 e. The van der Waals surface area contributed by atoms with E-state index in [1.54, 1.807) is 14.0 Å². The number of nitrogens with zero attached hydrogens (tertiary/aromatic N) is 2. The molecule has 2 rings (SSSR count). The largest absolute Gasteiger partial charge is 0.491 e. The topological polar surface area (TPSA) is 85.9 Å². The summed E-state index contributed by atoms with van der Waals surface area (Å²) < 4.78 is 20.1. The van der Waals surface area contributed by atoms with E-state index in [4.69, 9.17) is 10.5 Å². The predicted octanol–water partition coefficient (Wildman–Crippen LogP) is 1.38. The maximum absolute atomic E-state index is 13.5. The number of benzene rings is 1. The Morgan fingerprint density at radius 2 is 2.32 bits per heavy atom. The number of aromatic amines is 1. The summed E-state index contributed by atoms with van der Waals surface area (Å²) in [4.78, 5) is 11.8. The van der Waals surface area contributed by atoms with Crippen molar-refractivity contribution in [2.24, 2.45) is 7.05 Å². The van der Waals surface area contributed by atoms with Crippen LogP contribution < -0.4 is 16.2 Å². The summed E-state index contributed by atoms with van der Waals surface area (Å²) in [5, 5.41) is 6.60. The molecule has 0 radical (unpaired) electrons. The number of hydrogen-bond acceptors (Lipinski definition) is 5. The molecular weight excluding hydrogens is 271 g/mol. The highest BCUT2D eigenvalue weighted by Gasteiger charge is 2.13. The molecule has 2 aromatic rings. The van der Waals surface area contributed by atoms with Gasteiger partial charge in [-0.1, -0.05) is 0 Å². The second kappa shape index (κ2) is 5.35. The van der Waals surface area contributed by atoms with Crippen molar-refractivity contribution in [3.63, 3.8) is 0 Å². The van der Waals surface area contributed by atoms with Crippen molar-refractivity contribution in [1.82, 2.24) is 14.8 Å². The van der Waals surface area contributed by atoms with Gasteiger partial charge in [-0.25, -0.2) is 14.3 Å². The van der Waals surface area contributed by atoms with Crippen LogP contribution in [0.4, 0.5) is 10.1 Å². The van der Waals surface area contributed by atoms with Crippen LogP contribution in [-0.4, -0.2) is 21.4 Å². The zero-order valence-corrected chi connectivity index (χ0v) is 11.3. The van der Waals surface area contributed by atoms with Crippen molar-refractivity contribution in [2.75, 3.05) is 12.3 Å². The summed E-state index contributed by atoms with van der Waals surface area (Å²) in [5.41, 5.74) is 5.69. The molecule has 102 valence electrons. The third kappa shape index (κ3) is 2.73. The average Bonchev–Trinajstić information content (AvgIpc) is 2.67. The molecule has 0 atom stereocenters. The van der Waals surface area contributed by atoms with E-state index in [-0.39, 0.29) is 17.1 Å².